The molecule has 2 aromatic rings. The van der Waals surface area contributed by atoms with E-state index in [0.717, 1.165) is 48.8 Å². The molecule has 2 aromatic heterocycles. The van der Waals surface area contributed by atoms with Gasteiger partial charge >= 0.3 is 0 Å². The Hall–Kier alpha value is -0.990. The number of hydrogen-bond acceptors (Lipinski definition) is 7. The highest BCUT2D eigenvalue weighted by molar-refractivity contribution is 7.09. The summed E-state index contributed by atoms with van der Waals surface area (Å²) in [6, 6.07) is 2.42. The topological polar surface area (TPSA) is 77.2 Å². The van der Waals surface area contributed by atoms with Crippen molar-refractivity contribution in [2.24, 2.45) is 5.73 Å². The molecule has 1 saturated carbocycles. The first kappa shape index (κ1) is 23.0. The van der Waals surface area contributed by atoms with Gasteiger partial charge in [-0.15, -0.1) is 36.2 Å². The summed E-state index contributed by atoms with van der Waals surface area (Å²) in [5.41, 5.74) is 10.1. The Labute approximate surface area is 171 Å². The van der Waals surface area contributed by atoms with Gasteiger partial charge in [0.1, 0.15) is 12.4 Å². The van der Waals surface area contributed by atoms with E-state index in [0.29, 0.717) is 18.6 Å². The average molecular weight is 420 g/mol. The zero-order valence-corrected chi connectivity index (χ0v) is 17.8. The number of anilines is 1. The van der Waals surface area contributed by atoms with Crippen LogP contribution in [-0.2, 0) is 17.8 Å². The lowest BCUT2D eigenvalue weighted by Crippen LogP contribution is -2.35. The number of aryl methyl sites for hydroxylation is 1. The van der Waals surface area contributed by atoms with Crippen LogP contribution < -0.4 is 10.6 Å². The molecule has 0 saturated heterocycles. The van der Waals surface area contributed by atoms with Crippen molar-refractivity contribution in [1.29, 1.82) is 0 Å². The average Bonchev–Trinajstić information content (AvgIpc) is 2.94. The molecule has 0 aromatic carbocycles. The molecule has 6 nitrogen and oxygen atoms in total. The Morgan fingerprint density at radius 1 is 1.31 bits per heavy atom. The van der Waals surface area contributed by atoms with Gasteiger partial charge in [0.05, 0.1) is 11.2 Å². The second-order valence-electron chi connectivity index (χ2n) is 6.46. The molecule has 0 radical (unpaired) electrons. The summed E-state index contributed by atoms with van der Waals surface area (Å²) in [7, 11) is 3.75. The molecule has 1 fully saturated rings. The first-order chi connectivity index (χ1) is 11.6. The van der Waals surface area contributed by atoms with Crippen molar-refractivity contribution in [1.82, 2.24) is 15.0 Å². The maximum atomic E-state index is 5.93. The monoisotopic (exact) mass is 419 g/mol. The molecule has 0 amide bonds. The molecule has 0 bridgehead atoms. The number of nitrogens with zero attached hydrogens (tertiary/aromatic N) is 4. The Bertz CT molecular complexity index is 694. The van der Waals surface area contributed by atoms with Gasteiger partial charge in [-0.05, 0) is 19.8 Å². The third-order valence-corrected chi connectivity index (χ3v) is 5.55. The second-order valence-corrected chi connectivity index (χ2v) is 7.40. The number of thiazole rings is 1. The largest absolute Gasteiger partial charge is 0.377 e. The molecule has 2 N–H and O–H groups in total. The molecular weight excluding hydrogens is 393 g/mol. The van der Waals surface area contributed by atoms with Crippen molar-refractivity contribution in [2.75, 3.05) is 25.6 Å². The molecule has 3 rings (SSSR count). The molecule has 9 heteroatoms. The lowest BCUT2D eigenvalue weighted by atomic mass is 9.78. The van der Waals surface area contributed by atoms with Gasteiger partial charge in [-0.1, -0.05) is 0 Å². The van der Waals surface area contributed by atoms with E-state index in [1.54, 1.807) is 18.4 Å². The Morgan fingerprint density at radius 2 is 2.04 bits per heavy atom. The molecule has 0 unspecified atom stereocenters. The highest BCUT2D eigenvalue weighted by Crippen LogP contribution is 2.35. The summed E-state index contributed by atoms with van der Waals surface area (Å²) in [6.45, 7) is 3.39. The maximum Gasteiger partial charge on any atom is 0.156 e. The van der Waals surface area contributed by atoms with Gasteiger partial charge in [-0.25, -0.2) is 15.0 Å². The van der Waals surface area contributed by atoms with Crippen LogP contribution in [0.4, 0.5) is 5.82 Å². The number of methoxy groups -OCH3 is 1. The zero-order valence-electron chi connectivity index (χ0n) is 15.3. The van der Waals surface area contributed by atoms with Gasteiger partial charge in [0.25, 0.3) is 0 Å². The van der Waals surface area contributed by atoms with Crippen LogP contribution in [0.15, 0.2) is 11.6 Å². The smallest absolute Gasteiger partial charge is 0.156 e. The summed E-state index contributed by atoms with van der Waals surface area (Å²) in [4.78, 5) is 17.1. The van der Waals surface area contributed by atoms with Gasteiger partial charge in [0, 0.05) is 55.7 Å². The lowest BCUT2D eigenvalue weighted by molar-refractivity contribution is 0.177. The SMILES string of the molecule is COCc1nc(C2CC(N)C2)cc(N(C)CCc2scnc2C)n1.Cl.Cl. The van der Waals surface area contributed by atoms with E-state index in [9.17, 15) is 0 Å². The molecule has 2 heterocycles. The van der Waals surface area contributed by atoms with Gasteiger partial charge in [0.15, 0.2) is 5.82 Å². The van der Waals surface area contributed by atoms with Crippen LogP contribution >= 0.6 is 36.2 Å². The number of halogens is 2. The Morgan fingerprint density at radius 3 is 2.62 bits per heavy atom. The van der Waals surface area contributed by atoms with Gasteiger partial charge in [-0.3, -0.25) is 0 Å². The third kappa shape index (κ3) is 5.50. The van der Waals surface area contributed by atoms with Crippen molar-refractivity contribution >= 4 is 42.0 Å². The van der Waals surface area contributed by atoms with E-state index in [1.807, 2.05) is 5.51 Å². The van der Waals surface area contributed by atoms with Crippen LogP contribution in [0.3, 0.4) is 0 Å². The van der Waals surface area contributed by atoms with Crippen LogP contribution in [0.2, 0.25) is 0 Å². The van der Waals surface area contributed by atoms with Crippen LogP contribution in [0, 0.1) is 6.92 Å². The Kier molecular flexibility index (Phi) is 9.19. The summed E-state index contributed by atoms with van der Waals surface area (Å²) in [5, 5.41) is 0. The minimum Gasteiger partial charge on any atom is -0.377 e. The van der Waals surface area contributed by atoms with Crippen LogP contribution in [0.5, 0.6) is 0 Å². The second kappa shape index (κ2) is 10.4. The number of likely N-dealkylation sites (N-methyl/N-ethyl adjacent to an activating group) is 1. The molecule has 0 atom stereocenters. The highest BCUT2D eigenvalue weighted by Gasteiger charge is 2.29. The zero-order chi connectivity index (χ0) is 17.1. The molecular formula is C17H27Cl2N5OS. The minimum absolute atomic E-state index is 0. The number of aromatic nitrogens is 3. The van der Waals surface area contributed by atoms with Crippen molar-refractivity contribution in [2.45, 2.75) is 44.8 Å². The first-order valence-electron chi connectivity index (χ1n) is 8.29. The number of hydrogen-bond donors (Lipinski definition) is 1. The van der Waals surface area contributed by atoms with Crippen molar-refractivity contribution < 1.29 is 4.74 Å². The fraction of sp³-hybridized carbons (Fsp3) is 0.588. The molecule has 1 aliphatic carbocycles. The van der Waals surface area contributed by atoms with Crippen molar-refractivity contribution in [3.8, 4) is 0 Å². The minimum atomic E-state index is 0. The number of rotatable bonds is 7. The van der Waals surface area contributed by atoms with Crippen LogP contribution in [0.1, 0.15) is 40.8 Å². The highest BCUT2D eigenvalue weighted by atomic mass is 35.5. The van der Waals surface area contributed by atoms with Gasteiger partial charge in [-0.2, -0.15) is 0 Å². The van der Waals surface area contributed by atoms with E-state index in [1.165, 1.54) is 4.88 Å². The van der Waals surface area contributed by atoms with Crippen LogP contribution in [-0.4, -0.2) is 41.7 Å². The fourth-order valence-corrected chi connectivity index (χ4v) is 3.73. The van der Waals surface area contributed by atoms with E-state index >= 15 is 0 Å². The quantitative estimate of drug-likeness (QED) is 0.742. The molecule has 0 aliphatic heterocycles. The van der Waals surface area contributed by atoms with Crippen molar-refractivity contribution in [3.05, 3.63) is 33.7 Å². The normalized spacial score (nSPS) is 18.5. The first-order valence-corrected chi connectivity index (χ1v) is 9.17. The summed E-state index contributed by atoms with van der Waals surface area (Å²) < 4.78 is 5.23. The predicted molar refractivity (Wildman–Crippen MR) is 111 cm³/mol. The van der Waals surface area contributed by atoms with E-state index < -0.39 is 0 Å². The van der Waals surface area contributed by atoms with Crippen molar-refractivity contribution in [3.63, 3.8) is 0 Å². The van der Waals surface area contributed by atoms with E-state index in [4.69, 9.17) is 10.5 Å². The predicted octanol–water partition coefficient (Wildman–Crippen LogP) is 3.12. The lowest BCUT2D eigenvalue weighted by Gasteiger charge is -2.32. The number of ether oxygens (including phenoxy) is 1. The van der Waals surface area contributed by atoms with Gasteiger partial charge in [0.2, 0.25) is 0 Å². The Balaban J connectivity index is 0.00000169. The summed E-state index contributed by atoms with van der Waals surface area (Å²) in [6.07, 6.45) is 2.99. The number of nitrogens with two attached hydrogens (primary N) is 1. The molecule has 26 heavy (non-hydrogen) atoms. The standard InChI is InChI=1S/C17H25N5OS.2ClH/c1-11-15(24-10-19-11)4-5-22(2)17-8-14(12-6-13(18)7-12)20-16(21-17)9-23-3;;/h8,10,12-13H,4-7,9,18H2,1-3H3;2*1H. The van der Waals surface area contributed by atoms with Crippen LogP contribution in [0.25, 0.3) is 0 Å². The summed E-state index contributed by atoms with van der Waals surface area (Å²) >= 11 is 1.71. The molecule has 1 aliphatic rings. The summed E-state index contributed by atoms with van der Waals surface area (Å²) in [5.74, 6) is 2.15. The van der Waals surface area contributed by atoms with Gasteiger partial charge < -0.3 is 15.4 Å². The van der Waals surface area contributed by atoms with E-state index in [2.05, 4.69) is 39.9 Å². The fourth-order valence-electron chi connectivity index (χ4n) is 2.95. The molecule has 146 valence electrons. The maximum absolute atomic E-state index is 5.93. The third-order valence-electron chi connectivity index (χ3n) is 4.56. The molecule has 0 spiro atoms. The van der Waals surface area contributed by atoms with E-state index in [-0.39, 0.29) is 24.8 Å².